The van der Waals surface area contributed by atoms with Crippen molar-refractivity contribution in [2.24, 2.45) is 0 Å². The first-order valence-corrected chi connectivity index (χ1v) is 8.18. The van der Waals surface area contributed by atoms with E-state index in [0.717, 1.165) is 5.56 Å². The minimum Gasteiger partial charge on any atom is -0.391 e. The van der Waals surface area contributed by atoms with E-state index < -0.39 is 23.4 Å². The average Bonchev–Trinajstić information content (AvgIpc) is 2.77. The maximum Gasteiger partial charge on any atom is 0.328 e. The monoisotopic (exact) mass is 344 g/mol. The van der Waals surface area contributed by atoms with Gasteiger partial charge in [-0.3, -0.25) is 24.1 Å². The molecular weight excluding hydrogens is 324 g/mol. The van der Waals surface area contributed by atoms with E-state index in [9.17, 15) is 19.5 Å². The van der Waals surface area contributed by atoms with E-state index in [1.165, 1.54) is 16.8 Å². The van der Waals surface area contributed by atoms with Crippen molar-refractivity contribution < 1.29 is 9.90 Å². The number of likely N-dealkylation sites (tertiary alicyclic amines) is 1. The summed E-state index contributed by atoms with van der Waals surface area (Å²) < 4.78 is 1.33. The fourth-order valence-electron chi connectivity index (χ4n) is 3.15. The van der Waals surface area contributed by atoms with Gasteiger partial charge in [0.1, 0.15) is 5.69 Å². The number of aliphatic hydroxyl groups excluding tert-OH is 1. The average molecular weight is 344 g/mol. The Balaban J connectivity index is 1.81. The molecule has 0 saturated carbocycles. The summed E-state index contributed by atoms with van der Waals surface area (Å²) in [5, 5.41) is 10.4. The molecule has 1 aliphatic rings. The number of hydrogen-bond donors (Lipinski definition) is 2. The number of nitrogens with zero attached hydrogens (tertiary/aromatic N) is 3. The van der Waals surface area contributed by atoms with E-state index in [-0.39, 0.29) is 5.91 Å². The zero-order chi connectivity index (χ0) is 18.0. The Hall–Kier alpha value is -2.74. The van der Waals surface area contributed by atoms with Gasteiger partial charge in [0.05, 0.1) is 12.1 Å². The Morgan fingerprint density at radius 1 is 1.28 bits per heavy atom. The van der Waals surface area contributed by atoms with Crippen molar-refractivity contribution >= 4 is 5.91 Å². The van der Waals surface area contributed by atoms with Crippen molar-refractivity contribution in [1.29, 1.82) is 0 Å². The van der Waals surface area contributed by atoms with Crippen LogP contribution in [0.25, 0.3) is 0 Å². The van der Waals surface area contributed by atoms with Crippen molar-refractivity contribution in [3.63, 3.8) is 0 Å². The number of aryl methyl sites for hydroxylation is 1. The Labute approximate surface area is 143 Å². The van der Waals surface area contributed by atoms with Crippen LogP contribution in [0.4, 0.5) is 0 Å². The molecule has 2 aromatic rings. The van der Waals surface area contributed by atoms with Gasteiger partial charge in [-0.05, 0) is 31.4 Å². The maximum absolute atomic E-state index is 12.7. The van der Waals surface area contributed by atoms with Crippen LogP contribution in [0.15, 0.2) is 40.2 Å². The minimum atomic E-state index is -0.786. The van der Waals surface area contributed by atoms with Gasteiger partial charge in [0.15, 0.2) is 0 Å². The number of amides is 1. The molecule has 8 nitrogen and oxygen atoms in total. The van der Waals surface area contributed by atoms with E-state index in [1.807, 2.05) is 13.0 Å². The van der Waals surface area contributed by atoms with E-state index >= 15 is 0 Å². The van der Waals surface area contributed by atoms with Crippen LogP contribution >= 0.6 is 0 Å². The number of pyridine rings is 1. The van der Waals surface area contributed by atoms with Gasteiger partial charge in [-0.2, -0.15) is 0 Å². The number of carbonyl (C=O) groups excluding carboxylic acids is 1. The lowest BCUT2D eigenvalue weighted by molar-refractivity contribution is 0.0745. The van der Waals surface area contributed by atoms with Gasteiger partial charge in [0, 0.05) is 31.5 Å². The van der Waals surface area contributed by atoms with Crippen molar-refractivity contribution in [2.45, 2.75) is 31.9 Å². The van der Waals surface area contributed by atoms with Gasteiger partial charge < -0.3 is 10.0 Å². The van der Waals surface area contributed by atoms with Crippen molar-refractivity contribution in [3.8, 4) is 0 Å². The maximum atomic E-state index is 12.7. The molecule has 2 N–H and O–H groups in total. The number of nitrogens with one attached hydrogen (secondary N) is 1. The zero-order valence-corrected chi connectivity index (χ0v) is 13.9. The highest BCUT2D eigenvalue weighted by atomic mass is 16.3. The molecule has 2 aromatic heterocycles. The predicted octanol–water partition coefficient (Wildman–Crippen LogP) is 0.0782. The molecule has 1 amide bonds. The zero-order valence-electron chi connectivity index (χ0n) is 13.9. The van der Waals surface area contributed by atoms with Crippen molar-refractivity contribution in [1.82, 2.24) is 19.4 Å². The lowest BCUT2D eigenvalue weighted by Crippen LogP contribution is -2.36. The fraction of sp³-hybridized carbons (Fsp3) is 0.412. The lowest BCUT2D eigenvalue weighted by atomic mass is 10.1. The Morgan fingerprint density at radius 3 is 2.76 bits per heavy atom. The molecule has 0 aliphatic carbocycles. The van der Waals surface area contributed by atoms with E-state index in [1.54, 1.807) is 17.2 Å². The Bertz CT molecular complexity index is 888. The third-order valence-electron chi connectivity index (χ3n) is 4.54. The summed E-state index contributed by atoms with van der Waals surface area (Å²) in [6.07, 6.45) is 2.93. The number of aromatic amines is 1. The third-order valence-corrected chi connectivity index (χ3v) is 4.54. The summed E-state index contributed by atoms with van der Waals surface area (Å²) in [5.74, 6) is -0.181. The molecule has 8 heteroatoms. The second kappa shape index (κ2) is 7.02. The Kier molecular flexibility index (Phi) is 4.80. The molecule has 0 bridgehead atoms. The second-order valence-electron chi connectivity index (χ2n) is 6.19. The molecule has 1 aliphatic heterocycles. The predicted molar refractivity (Wildman–Crippen MR) is 90.5 cm³/mol. The smallest absolute Gasteiger partial charge is 0.328 e. The van der Waals surface area contributed by atoms with Gasteiger partial charge in [-0.15, -0.1) is 0 Å². The first-order chi connectivity index (χ1) is 12.0. The van der Waals surface area contributed by atoms with E-state index in [4.69, 9.17) is 0 Å². The van der Waals surface area contributed by atoms with Gasteiger partial charge in [-0.1, -0.05) is 6.07 Å². The third kappa shape index (κ3) is 3.53. The number of aliphatic hydroxyl groups is 1. The SMILES string of the molecule is Cc1cccnc1C(=O)N1CC[C@H](O)[C@@H](n2ccc(=O)[nH]c2=O)CC1. The summed E-state index contributed by atoms with van der Waals surface area (Å²) in [5.41, 5.74) is 0.158. The molecule has 25 heavy (non-hydrogen) atoms. The molecule has 0 unspecified atom stereocenters. The molecule has 1 fully saturated rings. The summed E-state index contributed by atoms with van der Waals surface area (Å²) in [7, 11) is 0. The number of hydrogen-bond acceptors (Lipinski definition) is 5. The summed E-state index contributed by atoms with van der Waals surface area (Å²) in [4.78, 5) is 43.9. The van der Waals surface area contributed by atoms with Gasteiger partial charge in [-0.25, -0.2) is 4.79 Å². The molecule has 3 rings (SSSR count). The van der Waals surface area contributed by atoms with Crippen LogP contribution in [0.5, 0.6) is 0 Å². The Morgan fingerprint density at radius 2 is 2.04 bits per heavy atom. The molecule has 0 spiro atoms. The number of rotatable bonds is 2. The highest BCUT2D eigenvalue weighted by molar-refractivity contribution is 5.93. The van der Waals surface area contributed by atoms with Crippen LogP contribution in [0.3, 0.4) is 0 Å². The van der Waals surface area contributed by atoms with Crippen molar-refractivity contribution in [3.05, 3.63) is 62.7 Å². The fourth-order valence-corrected chi connectivity index (χ4v) is 3.15. The van der Waals surface area contributed by atoms with Gasteiger partial charge >= 0.3 is 5.69 Å². The molecule has 3 heterocycles. The number of aromatic nitrogens is 3. The van der Waals surface area contributed by atoms with Gasteiger partial charge in [0.2, 0.25) is 0 Å². The topological polar surface area (TPSA) is 108 Å². The van der Waals surface area contributed by atoms with Crippen LogP contribution < -0.4 is 11.2 Å². The van der Waals surface area contributed by atoms with Crippen LogP contribution in [0, 0.1) is 6.92 Å². The summed E-state index contributed by atoms with van der Waals surface area (Å²) in [6.45, 7) is 2.60. The standard InChI is InChI=1S/C17H20N4O4/c1-11-3-2-7-18-15(11)16(24)20-8-4-12(13(22)5-9-20)21-10-6-14(23)19-17(21)25/h2-3,6-7,10,12-13,22H,4-5,8-9H2,1H3,(H,19,23,25)/t12-,13-/m0/s1. The first-order valence-electron chi connectivity index (χ1n) is 8.18. The van der Waals surface area contributed by atoms with E-state index in [0.29, 0.717) is 31.6 Å². The quantitative estimate of drug-likeness (QED) is 0.802. The summed E-state index contributed by atoms with van der Waals surface area (Å²) >= 11 is 0. The normalized spacial score (nSPS) is 21.0. The highest BCUT2D eigenvalue weighted by Crippen LogP contribution is 2.23. The largest absolute Gasteiger partial charge is 0.391 e. The highest BCUT2D eigenvalue weighted by Gasteiger charge is 2.29. The minimum absolute atomic E-state index is 0.181. The van der Waals surface area contributed by atoms with Gasteiger partial charge in [0.25, 0.3) is 11.5 Å². The van der Waals surface area contributed by atoms with E-state index in [2.05, 4.69) is 9.97 Å². The molecule has 2 atom stereocenters. The molecule has 0 radical (unpaired) electrons. The number of H-pyrrole nitrogens is 1. The lowest BCUT2D eigenvalue weighted by Gasteiger charge is -2.22. The molecule has 0 aromatic carbocycles. The number of carbonyl (C=O) groups is 1. The van der Waals surface area contributed by atoms with Crippen LogP contribution in [-0.4, -0.2) is 49.6 Å². The summed E-state index contributed by atoms with van der Waals surface area (Å²) in [6, 6.07) is 4.36. The van der Waals surface area contributed by atoms with Crippen molar-refractivity contribution in [2.75, 3.05) is 13.1 Å². The van der Waals surface area contributed by atoms with Crippen LogP contribution in [0.2, 0.25) is 0 Å². The van der Waals surface area contributed by atoms with Crippen LogP contribution in [0.1, 0.15) is 34.9 Å². The second-order valence-corrected chi connectivity index (χ2v) is 6.19. The van der Waals surface area contributed by atoms with Crippen LogP contribution in [-0.2, 0) is 0 Å². The first kappa shape index (κ1) is 17.1. The molecule has 132 valence electrons. The molecular formula is C17H20N4O4. The molecule has 1 saturated heterocycles.